The first-order valence-corrected chi connectivity index (χ1v) is 25.7. The summed E-state index contributed by atoms with van der Waals surface area (Å²) in [6.45, 7) is 4.82. The maximum Gasteiger partial charge on any atom is 0.472 e. The van der Waals surface area contributed by atoms with Gasteiger partial charge in [-0.1, -0.05) is 199 Å². The lowest BCUT2D eigenvalue weighted by Gasteiger charge is -2.25. The van der Waals surface area contributed by atoms with E-state index in [1.54, 1.807) is 6.08 Å². The third-order valence-electron chi connectivity index (χ3n) is 10.9. The molecule has 0 spiro atoms. The zero-order valence-electron chi connectivity index (χ0n) is 38.3. The molecule has 9 heteroatoms. The minimum atomic E-state index is -4.34. The van der Waals surface area contributed by atoms with Gasteiger partial charge in [-0.3, -0.25) is 13.8 Å². The molecule has 0 radical (unpaired) electrons. The Bertz CT molecular complexity index is 984. The van der Waals surface area contributed by atoms with Crippen LogP contribution < -0.4 is 5.32 Å². The number of phosphoric acid groups is 1. The van der Waals surface area contributed by atoms with E-state index in [4.69, 9.17) is 9.05 Å². The van der Waals surface area contributed by atoms with Crippen molar-refractivity contribution in [2.75, 3.05) is 40.9 Å². The number of carbonyl (C=O) groups excluding carboxylic acids is 1. The molecule has 0 aromatic carbocycles. The van der Waals surface area contributed by atoms with Gasteiger partial charge < -0.3 is 19.8 Å². The Hall–Kier alpha value is -1.02. The van der Waals surface area contributed by atoms with Crippen LogP contribution in [-0.2, 0) is 18.4 Å². The molecular formula is C48H96N2O6P+. The molecule has 0 heterocycles. The smallest absolute Gasteiger partial charge is 0.387 e. The summed E-state index contributed by atoms with van der Waals surface area (Å²) in [5.41, 5.74) is 0. The lowest BCUT2D eigenvalue weighted by Crippen LogP contribution is -2.45. The number of aliphatic hydroxyl groups is 1. The molecule has 3 atom stereocenters. The van der Waals surface area contributed by atoms with Gasteiger partial charge in [0.2, 0.25) is 5.91 Å². The lowest BCUT2D eigenvalue weighted by atomic mass is 10.0. The molecule has 0 aromatic rings. The fourth-order valence-corrected chi connectivity index (χ4v) is 7.77. The molecule has 0 saturated heterocycles. The van der Waals surface area contributed by atoms with Crippen LogP contribution in [-0.4, -0.2) is 73.4 Å². The van der Waals surface area contributed by atoms with Gasteiger partial charge in [-0.05, 0) is 44.9 Å². The molecule has 3 N–H and O–H groups in total. The van der Waals surface area contributed by atoms with Crippen molar-refractivity contribution in [1.29, 1.82) is 0 Å². The van der Waals surface area contributed by atoms with E-state index in [0.29, 0.717) is 17.4 Å². The Kier molecular flexibility index (Phi) is 39.7. The van der Waals surface area contributed by atoms with Crippen LogP contribution in [0.25, 0.3) is 0 Å². The fourth-order valence-electron chi connectivity index (χ4n) is 7.04. The number of allylic oxidation sites excluding steroid dienone is 3. The summed E-state index contributed by atoms with van der Waals surface area (Å²) in [5.74, 6) is -0.184. The number of nitrogens with one attached hydrogen (secondary N) is 1. The number of amides is 1. The topological polar surface area (TPSA) is 105 Å². The van der Waals surface area contributed by atoms with Crippen LogP contribution in [0, 0.1) is 0 Å². The second kappa shape index (κ2) is 40.4. The van der Waals surface area contributed by atoms with E-state index in [1.165, 1.54) is 154 Å². The maximum absolute atomic E-state index is 12.9. The van der Waals surface area contributed by atoms with E-state index in [1.807, 2.05) is 27.2 Å². The van der Waals surface area contributed by atoms with E-state index in [9.17, 15) is 19.4 Å². The summed E-state index contributed by atoms with van der Waals surface area (Å²) in [4.78, 5) is 23.1. The Labute approximate surface area is 354 Å². The zero-order chi connectivity index (χ0) is 42.1. The van der Waals surface area contributed by atoms with Gasteiger partial charge in [0, 0.05) is 6.42 Å². The van der Waals surface area contributed by atoms with Crippen molar-refractivity contribution in [2.24, 2.45) is 0 Å². The Morgan fingerprint density at radius 1 is 0.579 bits per heavy atom. The number of rotatable bonds is 44. The summed E-state index contributed by atoms with van der Waals surface area (Å²) in [6, 6.07) is -0.848. The summed E-state index contributed by atoms with van der Waals surface area (Å²) in [6.07, 6.45) is 48.2. The fraction of sp³-hybridized carbons (Fsp3) is 0.896. The highest BCUT2D eigenvalue weighted by Gasteiger charge is 2.27. The quantitative estimate of drug-likeness (QED) is 0.0244. The summed E-state index contributed by atoms with van der Waals surface area (Å²) >= 11 is 0. The van der Waals surface area contributed by atoms with Crippen molar-refractivity contribution in [2.45, 2.75) is 238 Å². The standard InChI is InChI=1S/C48H95N2O6P/c1-6-8-10-12-14-16-18-20-22-23-24-25-26-28-29-31-33-35-37-39-41-47(51)46(45-56-57(53,54)55-44-43-50(3,4)5)49-48(52)42-40-38-36-34-32-30-27-21-19-17-15-13-11-9-7-2/h21,27,39,41,46-47,51H,6-20,22-26,28-38,40,42-45H2,1-5H3,(H-,49,52,53,54)/p+1/b27-21-,41-39+. The molecular weight excluding hydrogens is 732 g/mol. The third kappa shape index (κ3) is 42.9. The van der Waals surface area contributed by atoms with Crippen molar-refractivity contribution in [3.05, 3.63) is 24.3 Å². The Morgan fingerprint density at radius 2 is 0.947 bits per heavy atom. The minimum Gasteiger partial charge on any atom is -0.387 e. The molecule has 0 fully saturated rings. The Morgan fingerprint density at radius 3 is 1.35 bits per heavy atom. The molecule has 0 bridgehead atoms. The average Bonchev–Trinajstić information content (AvgIpc) is 3.16. The number of quaternary nitrogens is 1. The van der Waals surface area contributed by atoms with E-state index in [0.717, 1.165) is 51.4 Å². The summed E-state index contributed by atoms with van der Waals surface area (Å²) in [5, 5.41) is 13.9. The second-order valence-corrected chi connectivity index (χ2v) is 19.3. The molecule has 338 valence electrons. The SMILES string of the molecule is CCCCCCCC/C=C\CCCCCCCC(=O)NC(COP(=O)(O)OCC[N+](C)(C)C)C(O)/C=C/CCCCCCCCCCCCCCCCCCCC. The maximum atomic E-state index is 12.9. The van der Waals surface area contributed by atoms with E-state index in [2.05, 4.69) is 31.3 Å². The summed E-state index contributed by atoms with van der Waals surface area (Å²) in [7, 11) is 1.57. The molecule has 0 aromatic heterocycles. The first-order chi connectivity index (χ1) is 27.5. The van der Waals surface area contributed by atoms with Crippen LogP contribution in [0.1, 0.15) is 226 Å². The van der Waals surface area contributed by atoms with Gasteiger partial charge in [0.15, 0.2) is 0 Å². The molecule has 0 saturated carbocycles. The summed E-state index contributed by atoms with van der Waals surface area (Å²) < 4.78 is 23.6. The normalized spacial score (nSPS) is 14.4. The van der Waals surface area contributed by atoms with Crippen LogP contribution in [0.3, 0.4) is 0 Å². The molecule has 57 heavy (non-hydrogen) atoms. The monoisotopic (exact) mass is 828 g/mol. The first kappa shape index (κ1) is 56.0. The van der Waals surface area contributed by atoms with Crippen LogP contribution in [0.15, 0.2) is 24.3 Å². The van der Waals surface area contributed by atoms with E-state index in [-0.39, 0.29) is 19.1 Å². The van der Waals surface area contributed by atoms with E-state index >= 15 is 0 Å². The molecule has 8 nitrogen and oxygen atoms in total. The predicted octanol–water partition coefficient (Wildman–Crippen LogP) is 13.7. The van der Waals surface area contributed by atoms with Gasteiger partial charge in [-0.2, -0.15) is 0 Å². The number of hydrogen-bond acceptors (Lipinski definition) is 5. The largest absolute Gasteiger partial charge is 0.472 e. The van der Waals surface area contributed by atoms with Gasteiger partial charge in [-0.15, -0.1) is 0 Å². The lowest BCUT2D eigenvalue weighted by molar-refractivity contribution is -0.870. The van der Waals surface area contributed by atoms with Gasteiger partial charge in [0.1, 0.15) is 13.2 Å². The van der Waals surface area contributed by atoms with Crippen molar-refractivity contribution in [3.63, 3.8) is 0 Å². The number of carbonyl (C=O) groups is 1. The molecule has 1 amide bonds. The molecule has 0 rings (SSSR count). The van der Waals surface area contributed by atoms with E-state index < -0.39 is 20.0 Å². The molecule has 0 aliphatic rings. The van der Waals surface area contributed by atoms with Gasteiger partial charge in [0.25, 0.3) is 0 Å². The highest BCUT2D eigenvalue weighted by Crippen LogP contribution is 2.43. The van der Waals surface area contributed by atoms with Crippen molar-refractivity contribution < 1.29 is 32.9 Å². The van der Waals surface area contributed by atoms with Gasteiger partial charge in [-0.25, -0.2) is 4.57 Å². The minimum absolute atomic E-state index is 0.0612. The number of unbranched alkanes of at least 4 members (excludes halogenated alkanes) is 29. The number of hydrogen-bond donors (Lipinski definition) is 3. The number of nitrogens with zero attached hydrogens (tertiary/aromatic N) is 1. The molecule has 0 aliphatic heterocycles. The number of phosphoric ester groups is 1. The first-order valence-electron chi connectivity index (χ1n) is 24.2. The van der Waals surface area contributed by atoms with Crippen LogP contribution >= 0.6 is 7.82 Å². The average molecular weight is 828 g/mol. The highest BCUT2D eigenvalue weighted by molar-refractivity contribution is 7.47. The highest BCUT2D eigenvalue weighted by atomic mass is 31.2. The zero-order valence-corrected chi connectivity index (χ0v) is 39.2. The molecule has 0 aliphatic carbocycles. The van der Waals surface area contributed by atoms with Gasteiger partial charge >= 0.3 is 7.82 Å². The van der Waals surface area contributed by atoms with Gasteiger partial charge in [0.05, 0.1) is 39.9 Å². The van der Waals surface area contributed by atoms with Crippen molar-refractivity contribution in [3.8, 4) is 0 Å². The van der Waals surface area contributed by atoms with Crippen molar-refractivity contribution in [1.82, 2.24) is 5.32 Å². The molecule has 3 unspecified atom stereocenters. The predicted molar refractivity (Wildman–Crippen MR) is 245 cm³/mol. The van der Waals surface area contributed by atoms with Crippen LogP contribution in [0.5, 0.6) is 0 Å². The number of aliphatic hydroxyl groups excluding tert-OH is 1. The van der Waals surface area contributed by atoms with Crippen LogP contribution in [0.4, 0.5) is 0 Å². The Balaban J connectivity index is 4.36. The van der Waals surface area contributed by atoms with Crippen LogP contribution in [0.2, 0.25) is 0 Å². The second-order valence-electron chi connectivity index (χ2n) is 17.8. The third-order valence-corrected chi connectivity index (χ3v) is 11.9. The van der Waals surface area contributed by atoms with Crippen molar-refractivity contribution >= 4 is 13.7 Å². The number of likely N-dealkylation sites (N-methyl/N-ethyl adjacent to an activating group) is 1.